The Labute approximate surface area is 91.2 Å². The van der Waals surface area contributed by atoms with Crippen LogP contribution in [0.4, 0.5) is 4.39 Å². The van der Waals surface area contributed by atoms with Gasteiger partial charge in [-0.2, -0.15) is 0 Å². The van der Waals surface area contributed by atoms with Crippen molar-refractivity contribution in [2.75, 3.05) is 27.3 Å². The molecule has 0 aliphatic heterocycles. The lowest BCUT2D eigenvalue weighted by atomic mass is 9.92. The molecular weight excluding hydrogens is 197 g/mol. The van der Waals surface area contributed by atoms with Crippen LogP contribution in [0.1, 0.15) is 25.7 Å². The number of hydrogen-bond donors (Lipinski definition) is 1. The molecular formula is C11H22FNO2. The number of ether oxygens (including phenoxy) is 1. The highest BCUT2D eigenvalue weighted by Gasteiger charge is 2.28. The maximum absolute atomic E-state index is 13.6. The number of alkyl halides is 1. The Balaban J connectivity index is 2.34. The van der Waals surface area contributed by atoms with E-state index in [1.165, 1.54) is 0 Å². The predicted octanol–water partition coefficient (Wildman–Crippen LogP) is 1.21. The minimum absolute atomic E-state index is 0.0229. The zero-order chi connectivity index (χ0) is 11.3. The van der Waals surface area contributed by atoms with Gasteiger partial charge >= 0.3 is 0 Å². The molecule has 3 atom stereocenters. The Bertz CT molecular complexity index is 180. The molecule has 90 valence electrons. The molecule has 0 aromatic rings. The minimum Gasteiger partial charge on any atom is -0.389 e. The topological polar surface area (TPSA) is 32.7 Å². The molecule has 1 saturated carbocycles. The summed E-state index contributed by atoms with van der Waals surface area (Å²) in [5.74, 6) is 0. The van der Waals surface area contributed by atoms with Crippen molar-refractivity contribution in [3.63, 3.8) is 0 Å². The van der Waals surface area contributed by atoms with Crippen LogP contribution >= 0.6 is 0 Å². The summed E-state index contributed by atoms with van der Waals surface area (Å²) in [5, 5.41) is 9.55. The van der Waals surface area contributed by atoms with Gasteiger partial charge in [-0.3, -0.25) is 4.90 Å². The average molecular weight is 219 g/mol. The second-order valence-corrected chi connectivity index (χ2v) is 4.42. The maximum atomic E-state index is 13.6. The minimum atomic E-state index is -0.738. The van der Waals surface area contributed by atoms with E-state index in [4.69, 9.17) is 4.74 Å². The van der Waals surface area contributed by atoms with E-state index in [9.17, 15) is 9.50 Å². The lowest BCUT2D eigenvalue weighted by molar-refractivity contribution is 0.0145. The van der Waals surface area contributed by atoms with E-state index >= 15 is 0 Å². The van der Waals surface area contributed by atoms with Crippen molar-refractivity contribution in [3.8, 4) is 0 Å². The Morgan fingerprint density at radius 3 is 2.73 bits per heavy atom. The molecule has 0 amide bonds. The van der Waals surface area contributed by atoms with Crippen molar-refractivity contribution < 1.29 is 14.2 Å². The maximum Gasteiger partial charge on any atom is 0.116 e. The first-order chi connectivity index (χ1) is 7.15. The van der Waals surface area contributed by atoms with Crippen LogP contribution in [-0.4, -0.2) is 55.6 Å². The molecule has 4 heteroatoms. The van der Waals surface area contributed by atoms with Crippen LogP contribution in [0.15, 0.2) is 0 Å². The van der Waals surface area contributed by atoms with Gasteiger partial charge in [-0.05, 0) is 19.9 Å². The van der Waals surface area contributed by atoms with E-state index in [0.29, 0.717) is 19.6 Å². The standard InChI is InChI=1S/C11H22FNO2/c1-13(7-9(14)8-15-2)11-6-4-3-5-10(11)12/h9-11,14H,3-8H2,1-2H3/t9?,10-,11-/m1/s1. The number of aliphatic hydroxyl groups excluding tert-OH is 1. The molecule has 0 saturated heterocycles. The van der Waals surface area contributed by atoms with Crippen molar-refractivity contribution >= 4 is 0 Å². The van der Waals surface area contributed by atoms with E-state index < -0.39 is 12.3 Å². The molecule has 1 unspecified atom stereocenters. The highest BCUT2D eigenvalue weighted by molar-refractivity contribution is 4.82. The molecule has 0 spiro atoms. The van der Waals surface area contributed by atoms with E-state index in [0.717, 1.165) is 19.3 Å². The number of hydrogen-bond acceptors (Lipinski definition) is 3. The SMILES string of the molecule is COCC(O)CN(C)[C@@H]1CCCC[C@H]1F. The first-order valence-corrected chi connectivity index (χ1v) is 5.66. The normalized spacial score (nSPS) is 29.4. The zero-order valence-electron chi connectivity index (χ0n) is 9.66. The van der Waals surface area contributed by atoms with Crippen LogP contribution in [0.25, 0.3) is 0 Å². The highest BCUT2D eigenvalue weighted by Crippen LogP contribution is 2.24. The van der Waals surface area contributed by atoms with Crippen LogP contribution in [-0.2, 0) is 4.74 Å². The summed E-state index contributed by atoms with van der Waals surface area (Å²) in [6, 6.07) is -0.0229. The third kappa shape index (κ3) is 4.05. The lowest BCUT2D eigenvalue weighted by Crippen LogP contribution is -2.45. The fourth-order valence-corrected chi connectivity index (χ4v) is 2.28. The first-order valence-electron chi connectivity index (χ1n) is 5.66. The van der Waals surface area contributed by atoms with Crippen molar-refractivity contribution in [1.82, 2.24) is 4.90 Å². The summed E-state index contributed by atoms with van der Waals surface area (Å²) in [4.78, 5) is 1.92. The number of aliphatic hydroxyl groups is 1. The predicted molar refractivity (Wildman–Crippen MR) is 57.7 cm³/mol. The molecule has 3 nitrogen and oxygen atoms in total. The third-order valence-corrected chi connectivity index (χ3v) is 3.07. The molecule has 15 heavy (non-hydrogen) atoms. The molecule has 0 aromatic heterocycles. The molecule has 1 N–H and O–H groups in total. The highest BCUT2D eigenvalue weighted by atomic mass is 19.1. The van der Waals surface area contributed by atoms with Crippen LogP contribution < -0.4 is 0 Å². The van der Waals surface area contributed by atoms with E-state index in [-0.39, 0.29) is 6.04 Å². The van der Waals surface area contributed by atoms with Gasteiger partial charge in [0.15, 0.2) is 0 Å². The van der Waals surface area contributed by atoms with Gasteiger partial charge in [0, 0.05) is 19.7 Å². The van der Waals surface area contributed by atoms with Crippen LogP contribution in [0, 0.1) is 0 Å². The van der Waals surface area contributed by atoms with Crippen molar-refractivity contribution in [2.24, 2.45) is 0 Å². The number of nitrogens with zero attached hydrogens (tertiary/aromatic N) is 1. The summed E-state index contributed by atoms with van der Waals surface area (Å²) >= 11 is 0. The van der Waals surface area contributed by atoms with Gasteiger partial charge in [-0.15, -0.1) is 0 Å². The number of likely N-dealkylation sites (N-methyl/N-ethyl adjacent to an activating group) is 1. The Morgan fingerprint density at radius 2 is 2.13 bits per heavy atom. The molecule has 1 aliphatic rings. The van der Waals surface area contributed by atoms with Gasteiger partial charge in [0.05, 0.1) is 12.7 Å². The largest absolute Gasteiger partial charge is 0.389 e. The molecule has 0 aromatic carbocycles. The molecule has 1 aliphatic carbocycles. The summed E-state index contributed by atoms with van der Waals surface area (Å²) < 4.78 is 18.4. The van der Waals surface area contributed by atoms with Crippen LogP contribution in [0.2, 0.25) is 0 Å². The molecule has 0 bridgehead atoms. The molecule has 0 radical (unpaired) electrons. The molecule has 0 heterocycles. The summed E-state index contributed by atoms with van der Waals surface area (Å²) in [7, 11) is 3.43. The van der Waals surface area contributed by atoms with Crippen LogP contribution in [0.3, 0.4) is 0 Å². The number of rotatable bonds is 5. The van der Waals surface area contributed by atoms with Gasteiger partial charge in [0.1, 0.15) is 6.17 Å². The Kier molecular flexibility index (Phi) is 5.50. The van der Waals surface area contributed by atoms with E-state index in [1.807, 2.05) is 11.9 Å². The third-order valence-electron chi connectivity index (χ3n) is 3.07. The average Bonchev–Trinajstić information content (AvgIpc) is 2.18. The summed E-state index contributed by atoms with van der Waals surface area (Å²) in [6.45, 7) is 0.799. The fourth-order valence-electron chi connectivity index (χ4n) is 2.28. The smallest absolute Gasteiger partial charge is 0.116 e. The zero-order valence-corrected chi connectivity index (χ0v) is 9.66. The first kappa shape index (κ1) is 12.9. The van der Waals surface area contributed by atoms with Gasteiger partial charge in [0.25, 0.3) is 0 Å². The van der Waals surface area contributed by atoms with Gasteiger partial charge in [-0.25, -0.2) is 4.39 Å². The summed E-state index contributed by atoms with van der Waals surface area (Å²) in [5.41, 5.74) is 0. The second-order valence-electron chi connectivity index (χ2n) is 4.42. The van der Waals surface area contributed by atoms with E-state index in [1.54, 1.807) is 7.11 Å². The fraction of sp³-hybridized carbons (Fsp3) is 1.00. The quantitative estimate of drug-likeness (QED) is 0.754. The van der Waals surface area contributed by atoms with E-state index in [2.05, 4.69) is 0 Å². The Hall–Kier alpha value is -0.190. The Morgan fingerprint density at radius 1 is 1.47 bits per heavy atom. The van der Waals surface area contributed by atoms with Gasteiger partial charge < -0.3 is 9.84 Å². The van der Waals surface area contributed by atoms with Crippen molar-refractivity contribution in [2.45, 2.75) is 44.0 Å². The number of halogens is 1. The van der Waals surface area contributed by atoms with Crippen molar-refractivity contribution in [3.05, 3.63) is 0 Å². The van der Waals surface area contributed by atoms with Gasteiger partial charge in [0.2, 0.25) is 0 Å². The summed E-state index contributed by atoms with van der Waals surface area (Å²) in [6.07, 6.45) is 2.39. The second kappa shape index (κ2) is 6.40. The molecule has 1 rings (SSSR count). The number of methoxy groups -OCH3 is 1. The van der Waals surface area contributed by atoms with Crippen molar-refractivity contribution in [1.29, 1.82) is 0 Å². The van der Waals surface area contributed by atoms with Gasteiger partial charge in [-0.1, -0.05) is 12.8 Å². The monoisotopic (exact) mass is 219 g/mol. The lowest BCUT2D eigenvalue weighted by Gasteiger charge is -2.34. The van der Waals surface area contributed by atoms with Crippen LogP contribution in [0.5, 0.6) is 0 Å². The molecule has 1 fully saturated rings.